The van der Waals surface area contributed by atoms with E-state index in [9.17, 15) is 5.11 Å². The minimum Gasteiger partial charge on any atom is -0.507 e. The van der Waals surface area contributed by atoms with Crippen LogP contribution < -0.4 is 0 Å². The van der Waals surface area contributed by atoms with E-state index in [2.05, 4.69) is 193 Å². The molecule has 9 rings (SSSR count). The van der Waals surface area contributed by atoms with E-state index in [1.807, 2.05) is 30.5 Å². The summed E-state index contributed by atoms with van der Waals surface area (Å²) in [5.41, 5.74) is 17.2. The maximum Gasteiger partial charge on any atom is 0.148 e. The fourth-order valence-electron chi connectivity index (χ4n) is 8.14. The molecule has 0 spiro atoms. The van der Waals surface area contributed by atoms with Gasteiger partial charge >= 0.3 is 0 Å². The van der Waals surface area contributed by atoms with Crippen LogP contribution in [0.2, 0.25) is 0 Å². The van der Waals surface area contributed by atoms with Crippen LogP contribution in [0.3, 0.4) is 0 Å². The van der Waals surface area contributed by atoms with Crippen LogP contribution in [0.1, 0.15) is 58.2 Å². The molecule has 4 nitrogen and oxygen atoms in total. The molecular weight excluding hydrogens is 938 g/mol. The van der Waals surface area contributed by atoms with Crippen LogP contribution in [-0.4, -0.2) is 19.6 Å². The summed E-state index contributed by atoms with van der Waals surface area (Å²) in [6.45, 7) is 15.6. The molecule has 7 aromatic carbocycles. The van der Waals surface area contributed by atoms with Gasteiger partial charge in [0.05, 0.1) is 22.3 Å². The van der Waals surface area contributed by atoms with Crippen LogP contribution in [0, 0.1) is 13.0 Å². The number of aryl methyl sites for hydroxylation is 1. The maximum absolute atomic E-state index is 11.5. The molecule has 2 aromatic heterocycles. The third-order valence-corrected chi connectivity index (χ3v) is 11.7. The van der Waals surface area contributed by atoms with E-state index >= 15 is 0 Å². The molecule has 0 bridgehead atoms. The van der Waals surface area contributed by atoms with Crippen molar-refractivity contribution in [3.05, 3.63) is 193 Å². The molecule has 0 aliphatic carbocycles. The van der Waals surface area contributed by atoms with Crippen molar-refractivity contribution in [3.63, 3.8) is 0 Å². The second-order valence-corrected chi connectivity index (χ2v) is 18.1. The molecule has 1 N–H and O–H groups in total. The zero-order valence-corrected chi connectivity index (χ0v) is 38.5. The summed E-state index contributed by atoms with van der Waals surface area (Å²) < 4.78 is 2.22. The van der Waals surface area contributed by atoms with Gasteiger partial charge in [-0.25, -0.2) is 4.98 Å². The third-order valence-electron chi connectivity index (χ3n) is 11.7. The Morgan fingerprint density at radius 2 is 1.15 bits per heavy atom. The van der Waals surface area contributed by atoms with Gasteiger partial charge in [0.2, 0.25) is 0 Å². The van der Waals surface area contributed by atoms with Gasteiger partial charge in [0.1, 0.15) is 11.6 Å². The van der Waals surface area contributed by atoms with Crippen LogP contribution in [0.25, 0.3) is 83.9 Å². The molecule has 0 amide bonds. The fraction of sp³-hybridized carbons (Fsp3) is 0.158. The molecule has 5 heteroatoms. The normalized spacial score (nSPS) is 11.7. The molecule has 0 fully saturated rings. The van der Waals surface area contributed by atoms with Crippen LogP contribution in [-0.2, 0) is 31.9 Å². The molecule has 0 aliphatic heterocycles. The van der Waals surface area contributed by atoms with Crippen molar-refractivity contribution in [2.75, 3.05) is 0 Å². The topological polar surface area (TPSA) is 50.9 Å². The number of aromatic nitrogens is 3. The zero-order chi connectivity index (χ0) is 42.5. The van der Waals surface area contributed by atoms with Crippen LogP contribution in [0.15, 0.2) is 170 Å². The first-order valence-corrected chi connectivity index (χ1v) is 21.0. The van der Waals surface area contributed by atoms with Crippen molar-refractivity contribution in [1.29, 1.82) is 0 Å². The number of benzene rings is 7. The molecule has 310 valence electrons. The number of phenolic OH excluding ortho intramolecular Hbond substituents is 1. The average Bonchev–Trinajstić information content (AvgIpc) is 3.65. The Kier molecular flexibility index (Phi) is 11.5. The van der Waals surface area contributed by atoms with Gasteiger partial charge in [0.15, 0.2) is 0 Å². The quantitative estimate of drug-likeness (QED) is 0.162. The fourth-order valence-corrected chi connectivity index (χ4v) is 8.14. The maximum atomic E-state index is 11.5. The molecule has 0 atom stereocenters. The smallest absolute Gasteiger partial charge is 0.148 e. The number of imidazole rings is 1. The summed E-state index contributed by atoms with van der Waals surface area (Å²) in [4.78, 5) is 10.4. The number of pyridine rings is 1. The number of hydrogen-bond acceptors (Lipinski definition) is 3. The van der Waals surface area contributed by atoms with Gasteiger partial charge < -0.3 is 5.11 Å². The second kappa shape index (κ2) is 16.8. The van der Waals surface area contributed by atoms with E-state index in [1.165, 1.54) is 16.7 Å². The van der Waals surface area contributed by atoms with Gasteiger partial charge in [-0.1, -0.05) is 179 Å². The first-order valence-electron chi connectivity index (χ1n) is 21.0. The number of para-hydroxylation sites is 2. The zero-order valence-electron chi connectivity index (χ0n) is 36.3. The number of hydrogen-bond donors (Lipinski definition) is 1. The Morgan fingerprint density at radius 1 is 0.516 bits per heavy atom. The van der Waals surface area contributed by atoms with E-state index in [4.69, 9.17) is 9.97 Å². The monoisotopic (exact) mass is 987 g/mol. The van der Waals surface area contributed by atoms with Crippen LogP contribution >= 0.6 is 0 Å². The predicted molar refractivity (Wildman–Crippen MR) is 254 cm³/mol. The number of phenols is 1. The van der Waals surface area contributed by atoms with Gasteiger partial charge in [-0.3, -0.25) is 9.55 Å². The minimum atomic E-state index is -0.0742. The Labute approximate surface area is 380 Å². The van der Waals surface area contributed by atoms with Crippen molar-refractivity contribution < 1.29 is 26.2 Å². The Hall–Kier alpha value is -6.35. The molecule has 0 radical (unpaired) electrons. The predicted octanol–water partition coefficient (Wildman–Crippen LogP) is 14.8. The van der Waals surface area contributed by atoms with Crippen molar-refractivity contribution in [1.82, 2.24) is 14.5 Å². The summed E-state index contributed by atoms with van der Waals surface area (Å²) in [7, 11) is 0. The summed E-state index contributed by atoms with van der Waals surface area (Å²) in [6.07, 6.45) is 1.88. The van der Waals surface area contributed by atoms with Crippen molar-refractivity contribution in [2.24, 2.45) is 0 Å². The molecule has 0 unspecified atom stereocenters. The van der Waals surface area contributed by atoms with Crippen LogP contribution in [0.5, 0.6) is 5.75 Å². The second-order valence-electron chi connectivity index (χ2n) is 18.1. The Balaban J connectivity index is 0.00000529. The Bertz CT molecular complexity index is 3040. The molecule has 62 heavy (non-hydrogen) atoms. The SMILES string of the molecule is Cc1ccc(-c2ccnc(-c3[c-]c(-c4cccc5c4nc(-c4ccccc4O)n5-c4ccc(C(C)(C)C)cc4-c4ccc(C(C)(C)C)cc4)cc(-c4ccccc4)c3)c2)cc1.[Pt]. The molecular formula is C57H50N3OPt-. The van der Waals surface area contributed by atoms with E-state index < -0.39 is 0 Å². The number of nitrogens with zero attached hydrogens (tertiary/aromatic N) is 3. The van der Waals surface area contributed by atoms with Gasteiger partial charge in [-0.2, -0.15) is 0 Å². The van der Waals surface area contributed by atoms with Crippen molar-refractivity contribution in [2.45, 2.75) is 59.3 Å². The van der Waals surface area contributed by atoms with E-state index in [-0.39, 0.29) is 37.6 Å². The number of aromatic hydroxyl groups is 1. The van der Waals surface area contributed by atoms with Gasteiger partial charge in [0, 0.05) is 38.5 Å². The minimum absolute atomic E-state index is 0. The van der Waals surface area contributed by atoms with Gasteiger partial charge in [0.25, 0.3) is 0 Å². The molecule has 9 aromatic rings. The first kappa shape index (κ1) is 42.3. The summed E-state index contributed by atoms with van der Waals surface area (Å²) in [5.74, 6) is 0.825. The van der Waals surface area contributed by atoms with Crippen molar-refractivity contribution in [3.8, 4) is 78.6 Å². The van der Waals surface area contributed by atoms with Crippen molar-refractivity contribution >= 4 is 11.0 Å². The average molecular weight is 988 g/mol. The van der Waals surface area contributed by atoms with Gasteiger partial charge in [-0.15, -0.1) is 23.8 Å². The van der Waals surface area contributed by atoms with E-state index in [1.54, 1.807) is 6.07 Å². The standard InChI is InChI=1S/C57H50N3O.Pt/c1-37-20-22-39(23-21-37)41-30-31-58-50(35-41)44-33-42(38-14-9-8-10-15-38)32-43(34-44)47-17-13-18-52-54(47)59-55(48-16-11-12-19-53(48)61)60(52)51-29-28-46(57(5,6)7)36-49(51)40-24-26-45(27-25-40)56(2,3)4;/h8-33,35-36,61H,1-7H3;/q-1;. The third kappa shape index (κ3) is 8.33. The summed E-state index contributed by atoms with van der Waals surface area (Å²) >= 11 is 0. The number of fused-ring (bicyclic) bond motifs is 1. The Morgan fingerprint density at radius 3 is 1.85 bits per heavy atom. The number of rotatable bonds is 7. The summed E-state index contributed by atoms with van der Waals surface area (Å²) in [6, 6.07) is 61.1. The molecule has 0 saturated carbocycles. The largest absolute Gasteiger partial charge is 0.507 e. The van der Waals surface area contributed by atoms with E-state index in [0.29, 0.717) is 11.4 Å². The van der Waals surface area contributed by atoms with Crippen LogP contribution in [0.4, 0.5) is 0 Å². The van der Waals surface area contributed by atoms with E-state index in [0.717, 1.165) is 72.5 Å². The summed E-state index contributed by atoms with van der Waals surface area (Å²) in [5, 5.41) is 11.5. The molecule has 0 saturated heterocycles. The molecule has 2 heterocycles. The first-order chi connectivity index (χ1) is 29.3. The molecule has 0 aliphatic rings. The van der Waals surface area contributed by atoms with Gasteiger partial charge in [-0.05, 0) is 87.5 Å².